The molecule has 0 unspecified atom stereocenters. The highest BCUT2D eigenvalue weighted by atomic mass is 32.2. The highest BCUT2D eigenvalue weighted by Crippen LogP contribution is 2.20. The fraction of sp³-hybridized carbons (Fsp3) is 0.250. The molecule has 0 saturated carbocycles. The van der Waals surface area contributed by atoms with Gasteiger partial charge in [-0.2, -0.15) is 13.2 Å². The minimum atomic E-state index is -6.09. The van der Waals surface area contributed by atoms with E-state index < -0.39 is 15.6 Å². The normalized spacial score (nSPS) is 11.9. The summed E-state index contributed by atoms with van der Waals surface area (Å²) in [6, 6.07) is 10.6. The molecule has 4 nitrogen and oxygen atoms in total. The predicted octanol–water partition coefficient (Wildman–Crippen LogP) is 2.02. The molecular formula is C12H12F3NO3S. The molecule has 110 valence electrons. The average Bonchev–Trinajstić information content (AvgIpc) is 2.26. The zero-order valence-corrected chi connectivity index (χ0v) is 11.5. The van der Waals surface area contributed by atoms with Gasteiger partial charge in [0.2, 0.25) is 5.52 Å². The molecule has 0 saturated heterocycles. The summed E-state index contributed by atoms with van der Waals surface area (Å²) in [6.07, 6.45) is 2.14. The van der Waals surface area contributed by atoms with E-state index in [0.29, 0.717) is 0 Å². The van der Waals surface area contributed by atoms with Crippen LogP contribution in [0.5, 0.6) is 0 Å². The van der Waals surface area contributed by atoms with Crippen LogP contribution >= 0.6 is 0 Å². The molecule has 0 aliphatic heterocycles. The van der Waals surface area contributed by atoms with Crippen molar-refractivity contribution in [2.45, 2.75) is 12.4 Å². The first-order valence-corrected chi connectivity index (χ1v) is 6.80. The quantitative estimate of drug-likeness (QED) is 0.425. The molecule has 0 radical (unpaired) electrons. The number of hydrogen-bond acceptors (Lipinski definition) is 3. The van der Waals surface area contributed by atoms with Crippen LogP contribution in [0.3, 0.4) is 0 Å². The van der Waals surface area contributed by atoms with E-state index in [0.717, 1.165) is 0 Å². The lowest BCUT2D eigenvalue weighted by Gasteiger charge is -2.08. The summed E-state index contributed by atoms with van der Waals surface area (Å²) in [6.45, 7) is 2.12. The van der Waals surface area contributed by atoms with E-state index in [2.05, 4.69) is 55.1 Å². The molecule has 8 heteroatoms. The smallest absolute Gasteiger partial charge is 0.485 e. The summed E-state index contributed by atoms with van der Waals surface area (Å²) in [7, 11) is -4.01. The number of nitrogens with zero attached hydrogens (tertiary/aromatic N) is 1. The molecule has 2 aromatic rings. The van der Waals surface area contributed by atoms with Crippen LogP contribution in [0.15, 0.2) is 36.5 Å². The first kappa shape index (κ1) is 16.4. The van der Waals surface area contributed by atoms with Crippen molar-refractivity contribution in [3.05, 3.63) is 42.1 Å². The Bertz CT molecular complexity index is 711. The third-order valence-corrected chi connectivity index (χ3v) is 2.95. The number of para-hydroxylation sites is 1. The minimum absolute atomic E-state index is 1.28. The monoisotopic (exact) mass is 307 g/mol. The number of rotatable bonds is 0. The van der Waals surface area contributed by atoms with Crippen LogP contribution in [0.2, 0.25) is 0 Å². The Labute approximate surface area is 114 Å². The van der Waals surface area contributed by atoms with Gasteiger partial charge in [-0.1, -0.05) is 12.1 Å². The second-order valence-electron chi connectivity index (χ2n) is 4.09. The number of aromatic nitrogens is 1. The molecule has 2 rings (SSSR count). The van der Waals surface area contributed by atoms with Gasteiger partial charge >= 0.3 is 5.51 Å². The third kappa shape index (κ3) is 4.17. The van der Waals surface area contributed by atoms with Gasteiger partial charge in [-0.25, -0.2) is 13.0 Å². The van der Waals surface area contributed by atoms with Crippen molar-refractivity contribution in [2.24, 2.45) is 7.05 Å². The molecule has 0 N–H and O–H groups in total. The first-order chi connectivity index (χ1) is 9.02. The molecular weight excluding hydrogens is 295 g/mol. The fourth-order valence-corrected chi connectivity index (χ4v) is 1.59. The highest BCUT2D eigenvalue weighted by molar-refractivity contribution is 7.86. The summed E-state index contributed by atoms with van der Waals surface area (Å²) in [5.41, 5.74) is -3.06. The molecule has 1 aromatic heterocycles. The Balaban J connectivity index is 0.000000221. The van der Waals surface area contributed by atoms with Gasteiger partial charge in [0.1, 0.15) is 7.05 Å². The van der Waals surface area contributed by atoms with Crippen molar-refractivity contribution in [3.63, 3.8) is 0 Å². The lowest BCUT2D eigenvalue weighted by molar-refractivity contribution is -0.645. The van der Waals surface area contributed by atoms with Crippen LogP contribution in [0.1, 0.15) is 5.56 Å². The van der Waals surface area contributed by atoms with E-state index in [9.17, 15) is 13.2 Å². The zero-order chi connectivity index (χ0) is 15.6. The van der Waals surface area contributed by atoms with Gasteiger partial charge in [-0.3, -0.25) is 0 Å². The number of benzene rings is 1. The van der Waals surface area contributed by atoms with Gasteiger partial charge in [0.25, 0.3) is 0 Å². The Morgan fingerprint density at radius 1 is 1.20 bits per heavy atom. The van der Waals surface area contributed by atoms with E-state index in [1.807, 2.05) is 0 Å². The van der Waals surface area contributed by atoms with Gasteiger partial charge in [0.15, 0.2) is 16.3 Å². The average molecular weight is 307 g/mol. The second-order valence-corrected chi connectivity index (χ2v) is 5.46. The van der Waals surface area contributed by atoms with Crippen LogP contribution < -0.4 is 4.57 Å². The topological polar surface area (TPSA) is 61.1 Å². The zero-order valence-electron chi connectivity index (χ0n) is 10.7. The van der Waals surface area contributed by atoms with E-state index in [-0.39, 0.29) is 0 Å². The number of aryl methyl sites for hydroxylation is 2. The Morgan fingerprint density at radius 2 is 1.70 bits per heavy atom. The molecule has 0 aliphatic rings. The van der Waals surface area contributed by atoms with Gasteiger partial charge in [-0.15, -0.1) is 0 Å². The molecule has 0 fully saturated rings. The number of pyridine rings is 1. The van der Waals surface area contributed by atoms with Crippen molar-refractivity contribution >= 4 is 21.0 Å². The Kier molecular flexibility index (Phi) is 4.72. The van der Waals surface area contributed by atoms with Gasteiger partial charge in [0, 0.05) is 17.0 Å². The van der Waals surface area contributed by atoms with Crippen molar-refractivity contribution in [1.82, 2.24) is 0 Å². The second kappa shape index (κ2) is 5.76. The molecule has 0 atom stereocenters. The van der Waals surface area contributed by atoms with Gasteiger partial charge in [0.05, 0.1) is 0 Å². The summed E-state index contributed by atoms with van der Waals surface area (Å²) < 4.78 is 61.1. The third-order valence-electron chi connectivity index (χ3n) is 2.38. The van der Waals surface area contributed by atoms with Gasteiger partial charge < -0.3 is 4.55 Å². The van der Waals surface area contributed by atoms with Crippen molar-refractivity contribution in [1.29, 1.82) is 0 Å². The maximum atomic E-state index is 10.7. The predicted molar refractivity (Wildman–Crippen MR) is 65.6 cm³/mol. The number of halogens is 3. The molecule has 1 heterocycles. The van der Waals surface area contributed by atoms with Crippen LogP contribution in [0.25, 0.3) is 10.9 Å². The SMILES string of the molecule is Cc1cc2ccccc2[n+](C)c1.O=S(=O)([O-])C(F)(F)F. The van der Waals surface area contributed by atoms with Crippen molar-refractivity contribution < 1.29 is 30.7 Å². The maximum Gasteiger partial charge on any atom is 0.485 e. The minimum Gasteiger partial charge on any atom is -0.741 e. The van der Waals surface area contributed by atoms with Gasteiger partial charge in [-0.05, 0) is 19.1 Å². The van der Waals surface area contributed by atoms with E-state index >= 15 is 0 Å². The molecule has 0 amide bonds. The van der Waals surface area contributed by atoms with Crippen LogP contribution in [-0.2, 0) is 17.2 Å². The van der Waals surface area contributed by atoms with Crippen LogP contribution in [0, 0.1) is 6.92 Å². The number of hydrogen-bond donors (Lipinski definition) is 0. The lowest BCUT2D eigenvalue weighted by atomic mass is 10.2. The summed E-state index contributed by atoms with van der Waals surface area (Å²) in [5, 5.41) is 1.31. The standard InChI is InChI=1S/C11H12N.CHF3O3S/c1-9-7-10-5-3-4-6-11(10)12(2)8-9;2-1(3,4)8(5,6)7/h3-8H,1-2H3;(H,5,6,7)/q+1;/p-1. The molecule has 0 bridgehead atoms. The highest BCUT2D eigenvalue weighted by Gasteiger charge is 2.36. The summed E-state index contributed by atoms with van der Waals surface area (Å²) >= 11 is 0. The molecule has 0 spiro atoms. The molecule has 20 heavy (non-hydrogen) atoms. The van der Waals surface area contributed by atoms with Crippen molar-refractivity contribution in [2.75, 3.05) is 0 Å². The fourth-order valence-electron chi connectivity index (χ4n) is 1.59. The summed E-state index contributed by atoms with van der Waals surface area (Å²) in [5.74, 6) is 0. The first-order valence-electron chi connectivity index (χ1n) is 5.39. The summed E-state index contributed by atoms with van der Waals surface area (Å²) in [4.78, 5) is 0. The van der Waals surface area contributed by atoms with Crippen LogP contribution in [0.4, 0.5) is 13.2 Å². The number of fused-ring (bicyclic) bond motifs is 1. The Morgan fingerprint density at radius 3 is 2.20 bits per heavy atom. The molecule has 1 aromatic carbocycles. The van der Waals surface area contributed by atoms with E-state index in [4.69, 9.17) is 13.0 Å². The number of alkyl halides is 3. The van der Waals surface area contributed by atoms with E-state index in [1.54, 1.807) is 0 Å². The lowest BCUT2D eigenvalue weighted by Crippen LogP contribution is -2.28. The van der Waals surface area contributed by atoms with Crippen LogP contribution in [-0.4, -0.2) is 18.5 Å². The van der Waals surface area contributed by atoms with Crippen molar-refractivity contribution in [3.8, 4) is 0 Å². The Hall–Kier alpha value is -1.67. The molecule has 0 aliphatic carbocycles. The van der Waals surface area contributed by atoms with E-state index in [1.165, 1.54) is 16.5 Å². The largest absolute Gasteiger partial charge is 0.741 e. The maximum absolute atomic E-state index is 10.7.